The van der Waals surface area contributed by atoms with Crippen molar-refractivity contribution in [2.24, 2.45) is 10.7 Å². The number of nitrogens with two attached hydrogens (primary N) is 1. The van der Waals surface area contributed by atoms with Gasteiger partial charge in [0.1, 0.15) is 16.7 Å². The fraction of sp³-hybridized carbons (Fsp3) is 0.192. The predicted molar refractivity (Wildman–Crippen MR) is 141 cm³/mol. The van der Waals surface area contributed by atoms with Gasteiger partial charge in [0.05, 0.1) is 11.4 Å². The Balaban J connectivity index is 1.76. The first-order valence-corrected chi connectivity index (χ1v) is 11.3. The average molecular weight is 493 g/mol. The van der Waals surface area contributed by atoms with E-state index < -0.39 is 0 Å². The number of rotatable bonds is 7. The molecule has 0 saturated heterocycles. The summed E-state index contributed by atoms with van der Waals surface area (Å²) in [6.07, 6.45) is 2.75. The molecule has 0 spiro atoms. The van der Waals surface area contributed by atoms with Crippen LogP contribution >= 0.6 is 11.6 Å². The van der Waals surface area contributed by atoms with Gasteiger partial charge in [-0.15, -0.1) is 0 Å². The normalized spacial score (nSPS) is 11.9. The smallest absolute Gasteiger partial charge is 0.320 e. The molecule has 4 N–H and O–H groups in total. The first-order chi connectivity index (χ1) is 16.7. The highest BCUT2D eigenvalue weighted by Crippen LogP contribution is 2.26. The zero-order valence-corrected chi connectivity index (χ0v) is 20.7. The summed E-state index contributed by atoms with van der Waals surface area (Å²) in [5, 5.41) is 10.5. The van der Waals surface area contributed by atoms with Crippen LogP contribution in [0.5, 0.6) is 5.75 Å². The molecule has 0 bridgehead atoms. The molecule has 0 aliphatic heterocycles. The van der Waals surface area contributed by atoms with Crippen LogP contribution in [0.15, 0.2) is 89.7 Å². The fourth-order valence-corrected chi connectivity index (χ4v) is 3.18. The largest absolute Gasteiger partial charge is 0.439 e. The Morgan fingerprint density at radius 1 is 1.20 bits per heavy atom. The molecule has 182 valence electrons. The second-order valence-electron chi connectivity index (χ2n) is 8.62. The summed E-state index contributed by atoms with van der Waals surface area (Å²) in [4.78, 5) is 16.8. The Morgan fingerprint density at radius 3 is 2.54 bits per heavy atom. The molecule has 2 amide bonds. The lowest BCUT2D eigenvalue weighted by atomic mass is 9.92. The second-order valence-corrected chi connectivity index (χ2v) is 9.05. The van der Waals surface area contributed by atoms with Gasteiger partial charge >= 0.3 is 6.03 Å². The lowest BCUT2D eigenvalue weighted by Gasteiger charge is -2.14. The first-order valence-electron chi connectivity index (χ1n) is 11.0. The zero-order chi connectivity index (χ0) is 25.4. The Bertz CT molecular complexity index is 1240. The molecule has 1 aromatic heterocycles. The van der Waals surface area contributed by atoms with Gasteiger partial charge in [-0.25, -0.2) is 14.5 Å². The molecule has 0 aliphatic rings. The van der Waals surface area contributed by atoms with Crippen LogP contribution in [-0.4, -0.2) is 21.7 Å². The molecule has 1 heterocycles. The van der Waals surface area contributed by atoms with Crippen molar-refractivity contribution in [2.45, 2.75) is 32.7 Å². The van der Waals surface area contributed by atoms with Gasteiger partial charge < -0.3 is 15.8 Å². The number of hydrogen-bond acceptors (Lipinski definition) is 5. The van der Waals surface area contributed by atoms with Crippen LogP contribution in [0.3, 0.4) is 0 Å². The summed E-state index contributed by atoms with van der Waals surface area (Å²) in [5.41, 5.74) is 7.71. The lowest BCUT2D eigenvalue weighted by Crippen LogP contribution is -2.29. The van der Waals surface area contributed by atoms with Gasteiger partial charge in [0.2, 0.25) is 5.90 Å². The van der Waals surface area contributed by atoms with Crippen LogP contribution in [0.25, 0.3) is 5.69 Å². The lowest BCUT2D eigenvalue weighted by molar-refractivity contribution is 0.251. The van der Waals surface area contributed by atoms with Crippen LogP contribution in [0.1, 0.15) is 32.0 Å². The minimum absolute atomic E-state index is 0.0535. The van der Waals surface area contributed by atoms with E-state index in [4.69, 9.17) is 27.2 Å². The van der Waals surface area contributed by atoms with Gasteiger partial charge in [0.15, 0.2) is 0 Å². The summed E-state index contributed by atoms with van der Waals surface area (Å²) in [7, 11) is 0. The molecule has 35 heavy (non-hydrogen) atoms. The number of nitrogens with one attached hydrogen (secondary N) is 2. The number of para-hydroxylation sites is 2. The third-order valence-electron chi connectivity index (χ3n) is 4.82. The third-order valence-corrected chi connectivity index (χ3v) is 4.90. The van der Waals surface area contributed by atoms with E-state index in [2.05, 4.69) is 43.0 Å². The Hall–Kier alpha value is -4.04. The van der Waals surface area contributed by atoms with Gasteiger partial charge in [0, 0.05) is 29.7 Å². The molecule has 3 aromatic rings. The van der Waals surface area contributed by atoms with Crippen LogP contribution < -0.4 is 21.1 Å². The number of nitrogens with zero attached hydrogens (tertiary/aromatic N) is 3. The van der Waals surface area contributed by atoms with Crippen molar-refractivity contribution in [3.8, 4) is 11.4 Å². The monoisotopic (exact) mass is 492 g/mol. The van der Waals surface area contributed by atoms with Gasteiger partial charge in [-0.1, -0.05) is 75.3 Å². The van der Waals surface area contributed by atoms with Gasteiger partial charge in [0.25, 0.3) is 0 Å². The maximum absolute atomic E-state index is 12.8. The zero-order valence-electron chi connectivity index (χ0n) is 20.0. The summed E-state index contributed by atoms with van der Waals surface area (Å²) < 4.78 is 7.54. The third kappa shape index (κ3) is 7.22. The van der Waals surface area contributed by atoms with Gasteiger partial charge in [-0.05, 0) is 24.4 Å². The minimum atomic E-state index is -0.387. The standard InChI is InChI=1S/C26H29ClN6O2/c1-18(27)30-24(14-15-28)35-21-13-9-8-10-19(21)17-29-25(34)31-23-16-22(26(2,3)4)32-33(23)20-11-6-5-7-12-20/h5-16H,1,17,28H2,2-4H3,(H2,29,31,34)/b15-14-,30-24+. The summed E-state index contributed by atoms with van der Waals surface area (Å²) in [6, 6.07) is 18.4. The molecular formula is C26H29ClN6O2. The first kappa shape index (κ1) is 25.6. The van der Waals surface area contributed by atoms with E-state index in [1.54, 1.807) is 10.7 Å². The molecule has 0 saturated carbocycles. The molecule has 3 rings (SSSR count). The topological polar surface area (TPSA) is 107 Å². The van der Waals surface area contributed by atoms with E-state index >= 15 is 0 Å². The molecule has 0 aliphatic carbocycles. The predicted octanol–water partition coefficient (Wildman–Crippen LogP) is 5.45. The molecule has 0 unspecified atom stereocenters. The molecule has 9 heteroatoms. The van der Waals surface area contributed by atoms with E-state index in [1.807, 2.05) is 54.6 Å². The average Bonchev–Trinajstić information content (AvgIpc) is 3.23. The van der Waals surface area contributed by atoms with E-state index in [0.29, 0.717) is 11.6 Å². The molecular weight excluding hydrogens is 464 g/mol. The van der Waals surface area contributed by atoms with Crippen molar-refractivity contribution in [2.75, 3.05) is 5.32 Å². The van der Waals surface area contributed by atoms with Crippen LogP contribution in [-0.2, 0) is 12.0 Å². The number of urea groups is 1. The Morgan fingerprint density at radius 2 is 1.89 bits per heavy atom. The van der Waals surface area contributed by atoms with Crippen molar-refractivity contribution in [1.82, 2.24) is 15.1 Å². The quantitative estimate of drug-likeness (QED) is 0.231. The number of carbonyl (C=O) groups excluding carboxylic acids is 1. The van der Waals surface area contributed by atoms with Crippen LogP contribution in [0.2, 0.25) is 0 Å². The van der Waals surface area contributed by atoms with E-state index in [9.17, 15) is 4.79 Å². The Labute approximate surface area is 210 Å². The maximum atomic E-state index is 12.8. The number of anilines is 1. The summed E-state index contributed by atoms with van der Waals surface area (Å²) in [5.74, 6) is 1.23. The minimum Gasteiger partial charge on any atom is -0.439 e. The number of halogens is 1. The molecule has 2 aromatic carbocycles. The summed E-state index contributed by atoms with van der Waals surface area (Å²) >= 11 is 5.77. The van der Waals surface area contributed by atoms with Gasteiger partial charge in [-0.2, -0.15) is 5.10 Å². The van der Waals surface area contributed by atoms with Gasteiger partial charge in [-0.3, -0.25) is 5.32 Å². The molecule has 0 radical (unpaired) electrons. The Kier molecular flexibility index (Phi) is 8.33. The number of amides is 2. The molecule has 0 fully saturated rings. The van der Waals surface area contributed by atoms with Crippen molar-refractivity contribution in [1.29, 1.82) is 0 Å². The van der Waals surface area contributed by atoms with Crippen molar-refractivity contribution in [3.05, 3.63) is 95.9 Å². The molecule has 0 atom stereocenters. The van der Waals surface area contributed by atoms with Crippen LogP contribution in [0.4, 0.5) is 10.6 Å². The van der Waals surface area contributed by atoms with E-state index in [-0.39, 0.29) is 29.0 Å². The van der Waals surface area contributed by atoms with E-state index in [0.717, 1.165) is 16.9 Å². The SMILES string of the molecule is C=C(Cl)/N=C(\C=C/N)Oc1ccccc1CNC(=O)Nc1cc(C(C)(C)C)nn1-c1ccccc1. The fourth-order valence-electron chi connectivity index (χ4n) is 3.10. The number of aliphatic imine (C=N–C) groups is 1. The maximum Gasteiger partial charge on any atom is 0.320 e. The highest BCUT2D eigenvalue weighted by Gasteiger charge is 2.21. The number of hydrogen-bond donors (Lipinski definition) is 3. The van der Waals surface area contributed by atoms with Crippen molar-refractivity contribution >= 4 is 29.3 Å². The number of benzene rings is 2. The second kappa shape index (κ2) is 11.4. The molecule has 8 nitrogen and oxygen atoms in total. The highest BCUT2D eigenvalue weighted by molar-refractivity contribution is 6.29. The van der Waals surface area contributed by atoms with Crippen molar-refractivity contribution < 1.29 is 9.53 Å². The number of aromatic nitrogens is 2. The van der Waals surface area contributed by atoms with E-state index in [1.165, 1.54) is 12.3 Å². The van der Waals surface area contributed by atoms with Crippen LogP contribution in [0, 0.1) is 0 Å². The summed E-state index contributed by atoms with van der Waals surface area (Å²) in [6.45, 7) is 9.96. The number of ether oxygens (including phenoxy) is 1. The number of carbonyl (C=O) groups is 1. The van der Waals surface area contributed by atoms with Crippen molar-refractivity contribution in [3.63, 3.8) is 0 Å². The highest BCUT2D eigenvalue weighted by atomic mass is 35.5.